The van der Waals surface area contributed by atoms with Gasteiger partial charge in [-0.15, -0.1) is 21.5 Å². The third-order valence-electron chi connectivity index (χ3n) is 4.02. The van der Waals surface area contributed by atoms with Crippen molar-refractivity contribution in [1.82, 2.24) is 19.7 Å². The SMILES string of the molecule is Cc1sc2nc(SCc3nnc(C(C)C)o3)n(C(C)C)c(=O)c2c1C. The Morgan fingerprint density at radius 3 is 2.52 bits per heavy atom. The first-order chi connectivity index (χ1) is 11.8. The van der Waals surface area contributed by atoms with Crippen molar-refractivity contribution in [3.8, 4) is 0 Å². The maximum atomic E-state index is 13.0. The lowest BCUT2D eigenvalue weighted by atomic mass is 10.2. The molecule has 134 valence electrons. The van der Waals surface area contributed by atoms with Crippen LogP contribution in [0.2, 0.25) is 0 Å². The predicted octanol–water partition coefficient (Wildman–Crippen LogP) is 4.45. The molecule has 25 heavy (non-hydrogen) atoms. The number of hydrogen-bond donors (Lipinski definition) is 0. The highest BCUT2D eigenvalue weighted by Gasteiger charge is 2.19. The lowest BCUT2D eigenvalue weighted by Crippen LogP contribution is -2.24. The molecule has 3 aromatic heterocycles. The fraction of sp³-hybridized carbons (Fsp3) is 0.529. The van der Waals surface area contributed by atoms with Crippen LogP contribution in [0, 0.1) is 13.8 Å². The van der Waals surface area contributed by atoms with E-state index in [0.717, 1.165) is 20.7 Å². The van der Waals surface area contributed by atoms with E-state index in [1.54, 1.807) is 15.9 Å². The van der Waals surface area contributed by atoms with Crippen molar-refractivity contribution in [2.24, 2.45) is 0 Å². The molecule has 0 unspecified atom stereocenters. The molecule has 0 saturated carbocycles. The van der Waals surface area contributed by atoms with E-state index in [1.165, 1.54) is 11.8 Å². The van der Waals surface area contributed by atoms with Crippen molar-refractivity contribution in [1.29, 1.82) is 0 Å². The normalized spacial score (nSPS) is 12.0. The van der Waals surface area contributed by atoms with Gasteiger partial charge in [0.25, 0.3) is 5.56 Å². The summed E-state index contributed by atoms with van der Waals surface area (Å²) in [5.41, 5.74) is 1.06. The zero-order valence-electron chi connectivity index (χ0n) is 15.3. The Morgan fingerprint density at radius 2 is 1.92 bits per heavy atom. The molecule has 0 bridgehead atoms. The highest BCUT2D eigenvalue weighted by Crippen LogP contribution is 2.30. The molecule has 0 aromatic carbocycles. The predicted molar refractivity (Wildman–Crippen MR) is 102 cm³/mol. The number of aryl methyl sites for hydroxylation is 2. The fourth-order valence-corrected chi connectivity index (χ4v) is 4.56. The zero-order chi connectivity index (χ0) is 18.3. The minimum absolute atomic E-state index is 0.0257. The lowest BCUT2D eigenvalue weighted by Gasteiger charge is -2.14. The standard InChI is InChI=1S/C17H22N4O2S2/c1-8(2)14-20-19-12(23-14)7-24-17-18-15-13(10(5)11(6)25-15)16(22)21(17)9(3)4/h8-9H,7H2,1-6H3. The van der Waals surface area contributed by atoms with Gasteiger partial charge in [-0.25, -0.2) is 4.98 Å². The summed E-state index contributed by atoms with van der Waals surface area (Å²) in [6, 6.07) is 0.0282. The average molecular weight is 379 g/mol. The van der Waals surface area contributed by atoms with Crippen molar-refractivity contribution in [2.45, 2.75) is 64.4 Å². The first-order valence-electron chi connectivity index (χ1n) is 8.26. The molecule has 3 rings (SSSR count). The van der Waals surface area contributed by atoms with Gasteiger partial charge in [0.2, 0.25) is 11.8 Å². The van der Waals surface area contributed by atoms with E-state index in [2.05, 4.69) is 10.2 Å². The zero-order valence-corrected chi connectivity index (χ0v) is 16.9. The Balaban J connectivity index is 1.99. The Kier molecular flexibility index (Phi) is 5.02. The number of nitrogens with zero attached hydrogens (tertiary/aromatic N) is 4. The Labute approximate surface area is 154 Å². The van der Waals surface area contributed by atoms with E-state index >= 15 is 0 Å². The topological polar surface area (TPSA) is 73.8 Å². The molecule has 0 spiro atoms. The quantitative estimate of drug-likeness (QED) is 0.482. The summed E-state index contributed by atoms with van der Waals surface area (Å²) in [4.78, 5) is 19.7. The molecule has 3 aromatic rings. The molecule has 3 heterocycles. The van der Waals surface area contributed by atoms with Crippen molar-refractivity contribution >= 4 is 33.3 Å². The average Bonchev–Trinajstić information content (AvgIpc) is 3.10. The summed E-state index contributed by atoms with van der Waals surface area (Å²) in [6.07, 6.45) is 0. The van der Waals surface area contributed by atoms with Crippen LogP contribution in [-0.4, -0.2) is 19.7 Å². The van der Waals surface area contributed by atoms with Crippen LogP contribution in [0.1, 0.15) is 61.9 Å². The summed E-state index contributed by atoms with van der Waals surface area (Å²) in [5, 5.41) is 9.56. The smallest absolute Gasteiger partial charge is 0.263 e. The number of fused-ring (bicyclic) bond motifs is 1. The monoisotopic (exact) mass is 378 g/mol. The first kappa shape index (κ1) is 18.1. The summed E-state index contributed by atoms with van der Waals surface area (Å²) < 4.78 is 7.41. The van der Waals surface area contributed by atoms with E-state index in [9.17, 15) is 4.79 Å². The minimum Gasteiger partial charge on any atom is -0.424 e. The highest BCUT2D eigenvalue weighted by molar-refractivity contribution is 7.98. The summed E-state index contributed by atoms with van der Waals surface area (Å²) in [7, 11) is 0. The molecule has 0 aliphatic rings. The van der Waals surface area contributed by atoms with Gasteiger partial charge in [-0.05, 0) is 33.3 Å². The van der Waals surface area contributed by atoms with Crippen LogP contribution in [0.15, 0.2) is 14.4 Å². The number of thiophene rings is 1. The fourth-order valence-electron chi connectivity index (χ4n) is 2.53. The van der Waals surface area contributed by atoms with Crippen molar-refractivity contribution < 1.29 is 4.42 Å². The van der Waals surface area contributed by atoms with Gasteiger partial charge in [0.05, 0.1) is 11.1 Å². The number of rotatable bonds is 5. The molecule has 0 N–H and O–H groups in total. The molecule has 6 nitrogen and oxygen atoms in total. The number of aromatic nitrogens is 4. The van der Waals surface area contributed by atoms with Crippen molar-refractivity contribution in [3.05, 3.63) is 32.6 Å². The molecular weight excluding hydrogens is 356 g/mol. The van der Waals surface area contributed by atoms with Crippen molar-refractivity contribution in [2.75, 3.05) is 0 Å². The van der Waals surface area contributed by atoms with Crippen LogP contribution in [-0.2, 0) is 5.75 Å². The highest BCUT2D eigenvalue weighted by atomic mass is 32.2. The van der Waals surface area contributed by atoms with Crippen LogP contribution in [0.25, 0.3) is 10.2 Å². The molecule has 0 aliphatic carbocycles. The van der Waals surface area contributed by atoms with E-state index in [1.807, 2.05) is 41.5 Å². The molecule has 0 amide bonds. The molecule has 8 heteroatoms. The van der Waals surface area contributed by atoms with Gasteiger partial charge >= 0.3 is 0 Å². The second-order valence-corrected chi connectivity index (χ2v) is 8.75. The van der Waals surface area contributed by atoms with E-state index < -0.39 is 0 Å². The third kappa shape index (κ3) is 3.37. The van der Waals surface area contributed by atoms with Gasteiger partial charge in [-0.2, -0.15) is 0 Å². The van der Waals surface area contributed by atoms with Gasteiger partial charge in [-0.1, -0.05) is 25.6 Å². The van der Waals surface area contributed by atoms with Crippen LogP contribution < -0.4 is 5.56 Å². The van der Waals surface area contributed by atoms with Gasteiger partial charge < -0.3 is 4.42 Å². The summed E-state index contributed by atoms with van der Waals surface area (Å²) >= 11 is 3.03. The molecule has 0 fully saturated rings. The Morgan fingerprint density at radius 1 is 1.20 bits per heavy atom. The van der Waals surface area contributed by atoms with Crippen molar-refractivity contribution in [3.63, 3.8) is 0 Å². The minimum atomic E-state index is 0.0257. The Hall–Kier alpha value is -1.67. The molecule has 0 saturated heterocycles. The van der Waals surface area contributed by atoms with Gasteiger partial charge in [0, 0.05) is 16.8 Å². The van der Waals surface area contributed by atoms with E-state index in [0.29, 0.717) is 22.7 Å². The third-order valence-corrected chi connectivity index (χ3v) is 6.06. The first-order valence-corrected chi connectivity index (χ1v) is 10.1. The Bertz CT molecular complexity index is 969. The van der Waals surface area contributed by atoms with Crippen LogP contribution in [0.4, 0.5) is 0 Å². The number of hydrogen-bond acceptors (Lipinski definition) is 7. The molecule has 0 radical (unpaired) electrons. The van der Waals surface area contributed by atoms with Crippen LogP contribution >= 0.6 is 23.1 Å². The van der Waals surface area contributed by atoms with Gasteiger partial charge in [-0.3, -0.25) is 9.36 Å². The van der Waals surface area contributed by atoms with E-state index in [4.69, 9.17) is 9.40 Å². The maximum absolute atomic E-state index is 13.0. The molecular formula is C17H22N4O2S2. The second kappa shape index (κ2) is 6.92. The number of thioether (sulfide) groups is 1. The second-order valence-electron chi connectivity index (χ2n) is 6.60. The summed E-state index contributed by atoms with van der Waals surface area (Å²) in [5.74, 6) is 1.88. The lowest BCUT2D eigenvalue weighted by molar-refractivity contribution is 0.444. The van der Waals surface area contributed by atoms with E-state index in [-0.39, 0.29) is 17.5 Å². The molecule has 0 aliphatic heterocycles. The molecule has 0 atom stereocenters. The van der Waals surface area contributed by atoms with Crippen LogP contribution in [0.5, 0.6) is 0 Å². The summed E-state index contributed by atoms with van der Waals surface area (Å²) in [6.45, 7) is 12.0. The maximum Gasteiger partial charge on any atom is 0.263 e. The largest absolute Gasteiger partial charge is 0.424 e. The van der Waals surface area contributed by atoms with Gasteiger partial charge in [0.15, 0.2) is 5.16 Å². The van der Waals surface area contributed by atoms with Crippen LogP contribution in [0.3, 0.4) is 0 Å². The van der Waals surface area contributed by atoms with Gasteiger partial charge in [0.1, 0.15) is 4.83 Å².